The Morgan fingerprint density at radius 1 is 1.60 bits per heavy atom. The number of halogens is 1. The lowest BCUT2D eigenvalue weighted by molar-refractivity contribution is 0.211. The molecule has 0 spiro atoms. The Hall–Kier alpha value is -0.0500. The van der Waals surface area contributed by atoms with Crippen molar-refractivity contribution in [2.45, 2.75) is 30.5 Å². The summed E-state index contributed by atoms with van der Waals surface area (Å²) in [5.41, 5.74) is 1.16. The topological polar surface area (TPSA) is 21.6 Å². The van der Waals surface area contributed by atoms with Gasteiger partial charge in [-0.1, -0.05) is 27.5 Å². The van der Waals surface area contributed by atoms with Gasteiger partial charge in [0.2, 0.25) is 0 Å². The van der Waals surface area contributed by atoms with Crippen molar-refractivity contribution in [3.63, 3.8) is 0 Å². The van der Waals surface area contributed by atoms with E-state index in [1.807, 2.05) is 0 Å². The van der Waals surface area contributed by atoms with Gasteiger partial charge >= 0.3 is 0 Å². The maximum Gasteiger partial charge on any atom is 0.106 e. The van der Waals surface area contributed by atoms with Crippen LogP contribution >= 0.6 is 15.9 Å². The fraction of sp³-hybridized carbons (Fsp3) is 0.857. The molecule has 1 aliphatic rings. The summed E-state index contributed by atoms with van der Waals surface area (Å²) >= 11 is 3.54. The van der Waals surface area contributed by atoms with E-state index in [9.17, 15) is 0 Å². The zero-order valence-corrected chi connectivity index (χ0v) is 7.73. The van der Waals surface area contributed by atoms with Gasteiger partial charge < -0.3 is 4.84 Å². The molecule has 0 N–H and O–H groups in total. The molecule has 0 saturated heterocycles. The predicted octanol–water partition coefficient (Wildman–Crippen LogP) is 2.33. The minimum atomic E-state index is 0.459. The molecule has 1 rings (SSSR count). The molecule has 1 unspecified atom stereocenters. The van der Waals surface area contributed by atoms with Crippen molar-refractivity contribution in [1.82, 2.24) is 0 Å². The van der Waals surface area contributed by atoms with Gasteiger partial charge in [-0.3, -0.25) is 0 Å². The van der Waals surface area contributed by atoms with E-state index in [1.54, 1.807) is 7.11 Å². The first-order valence-corrected chi connectivity index (χ1v) is 4.50. The summed E-state index contributed by atoms with van der Waals surface area (Å²) in [6.45, 7) is 0. The largest absolute Gasteiger partial charge is 0.399 e. The van der Waals surface area contributed by atoms with Crippen molar-refractivity contribution in [1.29, 1.82) is 0 Å². The molecule has 58 valence electrons. The van der Waals surface area contributed by atoms with Crippen LogP contribution in [-0.4, -0.2) is 17.6 Å². The second kappa shape index (κ2) is 3.96. The van der Waals surface area contributed by atoms with E-state index in [2.05, 4.69) is 21.1 Å². The van der Waals surface area contributed by atoms with Crippen molar-refractivity contribution in [2.24, 2.45) is 5.16 Å². The fourth-order valence-electron chi connectivity index (χ4n) is 1.17. The average molecular weight is 206 g/mol. The van der Waals surface area contributed by atoms with Crippen LogP contribution in [0.2, 0.25) is 0 Å². The third-order valence-electron chi connectivity index (χ3n) is 1.71. The summed E-state index contributed by atoms with van der Waals surface area (Å²) in [6.07, 6.45) is 4.84. The smallest absolute Gasteiger partial charge is 0.106 e. The highest BCUT2D eigenvalue weighted by Crippen LogP contribution is 2.21. The summed E-state index contributed by atoms with van der Waals surface area (Å²) in [5.74, 6) is 0. The van der Waals surface area contributed by atoms with Crippen molar-refractivity contribution in [3.8, 4) is 0 Å². The molecule has 1 saturated carbocycles. The van der Waals surface area contributed by atoms with E-state index in [4.69, 9.17) is 4.84 Å². The number of rotatable bonds is 1. The van der Waals surface area contributed by atoms with Crippen molar-refractivity contribution in [3.05, 3.63) is 0 Å². The van der Waals surface area contributed by atoms with Gasteiger partial charge in [0.05, 0.1) is 10.5 Å². The summed E-state index contributed by atoms with van der Waals surface area (Å²) < 4.78 is 0. The van der Waals surface area contributed by atoms with Gasteiger partial charge in [-0.15, -0.1) is 0 Å². The third kappa shape index (κ3) is 1.97. The van der Waals surface area contributed by atoms with Gasteiger partial charge in [-0.2, -0.15) is 0 Å². The highest BCUT2D eigenvalue weighted by Gasteiger charge is 2.17. The molecule has 0 bridgehead atoms. The SMILES string of the molecule is CO/N=C1/CCCCC1Br. The lowest BCUT2D eigenvalue weighted by atomic mass is 9.99. The van der Waals surface area contributed by atoms with Gasteiger partial charge in [0.15, 0.2) is 0 Å². The summed E-state index contributed by atoms with van der Waals surface area (Å²) in [7, 11) is 1.60. The van der Waals surface area contributed by atoms with Crippen molar-refractivity contribution >= 4 is 21.6 Å². The second-order valence-electron chi connectivity index (χ2n) is 2.48. The Bertz CT molecular complexity index is 136. The summed E-state index contributed by atoms with van der Waals surface area (Å²) in [5, 5.41) is 3.93. The van der Waals surface area contributed by atoms with E-state index < -0.39 is 0 Å². The molecule has 0 aromatic carbocycles. The number of oxime groups is 1. The van der Waals surface area contributed by atoms with Crippen molar-refractivity contribution in [2.75, 3.05) is 7.11 Å². The van der Waals surface area contributed by atoms with E-state index >= 15 is 0 Å². The first kappa shape index (κ1) is 8.05. The van der Waals surface area contributed by atoms with Gasteiger partial charge in [0.25, 0.3) is 0 Å². The zero-order valence-electron chi connectivity index (χ0n) is 6.14. The van der Waals surface area contributed by atoms with E-state index in [-0.39, 0.29) is 0 Å². The van der Waals surface area contributed by atoms with Crippen LogP contribution in [0, 0.1) is 0 Å². The minimum Gasteiger partial charge on any atom is -0.399 e. The number of nitrogens with zero attached hydrogens (tertiary/aromatic N) is 1. The first-order valence-electron chi connectivity index (χ1n) is 3.58. The molecular weight excluding hydrogens is 194 g/mol. The maximum atomic E-state index is 4.71. The number of hydrogen-bond acceptors (Lipinski definition) is 2. The van der Waals surface area contributed by atoms with Crippen LogP contribution in [-0.2, 0) is 4.84 Å². The van der Waals surface area contributed by atoms with Crippen LogP contribution in [0.3, 0.4) is 0 Å². The van der Waals surface area contributed by atoms with Gasteiger partial charge in [-0.05, 0) is 19.3 Å². The summed E-state index contributed by atoms with van der Waals surface area (Å²) in [4.78, 5) is 5.17. The van der Waals surface area contributed by atoms with Gasteiger partial charge in [0, 0.05) is 0 Å². The molecule has 1 aliphatic carbocycles. The standard InChI is InChI=1S/C7H12BrNO/c1-10-9-7-5-3-2-4-6(7)8/h6H,2-5H2,1H3/b9-7-. The van der Waals surface area contributed by atoms with Crippen LogP contribution in [0.15, 0.2) is 5.16 Å². The molecule has 10 heavy (non-hydrogen) atoms. The fourth-order valence-corrected chi connectivity index (χ4v) is 1.81. The van der Waals surface area contributed by atoms with Crippen molar-refractivity contribution < 1.29 is 4.84 Å². The molecule has 1 fully saturated rings. The molecule has 0 heterocycles. The van der Waals surface area contributed by atoms with Crippen LogP contribution in [0.4, 0.5) is 0 Å². The quantitative estimate of drug-likeness (QED) is 0.476. The van der Waals surface area contributed by atoms with Crippen LogP contribution in [0.5, 0.6) is 0 Å². The molecule has 0 aliphatic heterocycles. The van der Waals surface area contributed by atoms with Gasteiger partial charge in [0.1, 0.15) is 7.11 Å². The third-order valence-corrected chi connectivity index (χ3v) is 2.70. The molecule has 2 nitrogen and oxygen atoms in total. The van der Waals surface area contributed by atoms with Crippen LogP contribution in [0.25, 0.3) is 0 Å². The molecule has 0 aromatic rings. The highest BCUT2D eigenvalue weighted by atomic mass is 79.9. The average Bonchev–Trinajstić information content (AvgIpc) is 1.94. The Labute approximate surface area is 69.8 Å². The first-order chi connectivity index (χ1) is 4.84. The predicted molar refractivity (Wildman–Crippen MR) is 45.6 cm³/mol. The lowest BCUT2D eigenvalue weighted by Crippen LogP contribution is -2.18. The molecule has 0 aromatic heterocycles. The molecule has 3 heteroatoms. The highest BCUT2D eigenvalue weighted by molar-refractivity contribution is 9.10. The Balaban J connectivity index is 2.47. The zero-order chi connectivity index (χ0) is 7.40. The van der Waals surface area contributed by atoms with Crippen LogP contribution < -0.4 is 0 Å². The normalized spacial score (nSPS) is 30.6. The number of alkyl halides is 1. The molecular formula is C7H12BrNO. The number of hydrogen-bond donors (Lipinski definition) is 0. The van der Waals surface area contributed by atoms with E-state index in [0.29, 0.717) is 4.83 Å². The monoisotopic (exact) mass is 205 g/mol. The second-order valence-corrected chi connectivity index (χ2v) is 3.58. The van der Waals surface area contributed by atoms with Gasteiger partial charge in [-0.25, -0.2) is 0 Å². The summed E-state index contributed by atoms with van der Waals surface area (Å²) in [6, 6.07) is 0. The van der Waals surface area contributed by atoms with E-state index in [0.717, 1.165) is 12.1 Å². The molecule has 0 amide bonds. The molecule has 1 atom stereocenters. The van der Waals surface area contributed by atoms with Crippen LogP contribution in [0.1, 0.15) is 25.7 Å². The van der Waals surface area contributed by atoms with E-state index in [1.165, 1.54) is 19.3 Å². The Morgan fingerprint density at radius 3 is 3.00 bits per heavy atom. The molecule has 0 radical (unpaired) electrons. The lowest BCUT2D eigenvalue weighted by Gasteiger charge is -2.17. The Morgan fingerprint density at radius 2 is 2.40 bits per heavy atom. The Kier molecular flexibility index (Phi) is 3.19. The minimum absolute atomic E-state index is 0.459. The maximum absolute atomic E-state index is 4.71.